The van der Waals surface area contributed by atoms with Gasteiger partial charge in [-0.3, -0.25) is 4.84 Å². The third kappa shape index (κ3) is 4.10. The monoisotopic (exact) mass is 417 g/mol. The summed E-state index contributed by atoms with van der Waals surface area (Å²) in [5, 5.41) is 2.66. The number of hydroxylamine groups is 2. The second-order valence-electron chi connectivity index (χ2n) is 6.97. The van der Waals surface area contributed by atoms with Crippen molar-refractivity contribution in [3.05, 3.63) is 83.7 Å². The molecule has 0 radical (unpaired) electrons. The lowest BCUT2D eigenvalue weighted by molar-refractivity contribution is -0.170. The predicted octanol–water partition coefficient (Wildman–Crippen LogP) is 5.00. The van der Waals surface area contributed by atoms with Crippen LogP contribution in [-0.4, -0.2) is 33.5 Å². The maximum atomic E-state index is 13.5. The van der Waals surface area contributed by atoms with E-state index in [9.17, 15) is 4.39 Å². The lowest BCUT2D eigenvalue weighted by Gasteiger charge is -2.34. The maximum Gasteiger partial charge on any atom is 0.123 e. The molecule has 3 aromatic rings. The highest BCUT2D eigenvalue weighted by molar-refractivity contribution is 7.99. The normalized spacial score (nSPS) is 22.6. The third-order valence-electron chi connectivity index (χ3n) is 5.11. The number of imidazole rings is 1. The highest BCUT2D eigenvalue weighted by Crippen LogP contribution is 2.42. The van der Waals surface area contributed by atoms with Crippen molar-refractivity contribution in [1.82, 2.24) is 14.6 Å². The molecule has 0 bridgehead atoms. The smallest absolute Gasteiger partial charge is 0.123 e. The van der Waals surface area contributed by atoms with Crippen LogP contribution in [0, 0.1) is 5.82 Å². The second-order valence-corrected chi connectivity index (χ2v) is 8.50. The van der Waals surface area contributed by atoms with Gasteiger partial charge in [0.2, 0.25) is 0 Å². The van der Waals surface area contributed by atoms with E-state index >= 15 is 0 Å². The Morgan fingerprint density at radius 2 is 1.96 bits per heavy atom. The van der Waals surface area contributed by atoms with Crippen LogP contribution in [0.5, 0.6) is 0 Å². The van der Waals surface area contributed by atoms with Gasteiger partial charge in [0.15, 0.2) is 0 Å². The van der Waals surface area contributed by atoms with Crippen molar-refractivity contribution in [2.45, 2.75) is 29.5 Å². The van der Waals surface area contributed by atoms with Crippen LogP contribution >= 0.6 is 23.4 Å². The van der Waals surface area contributed by atoms with Gasteiger partial charge in [0.05, 0.1) is 18.0 Å². The molecule has 1 aliphatic rings. The Kier molecular flexibility index (Phi) is 5.73. The van der Waals surface area contributed by atoms with Crippen LogP contribution in [0.2, 0.25) is 5.02 Å². The molecular formula is C21H21ClFN3OS. The van der Waals surface area contributed by atoms with E-state index in [1.807, 2.05) is 59.3 Å². The minimum atomic E-state index is -0.389. The Morgan fingerprint density at radius 1 is 1.21 bits per heavy atom. The summed E-state index contributed by atoms with van der Waals surface area (Å²) >= 11 is 7.71. The average molecular weight is 418 g/mol. The zero-order chi connectivity index (χ0) is 19.6. The first-order valence-corrected chi connectivity index (χ1v) is 10.4. The number of benzene rings is 2. The van der Waals surface area contributed by atoms with E-state index in [1.54, 1.807) is 24.3 Å². The van der Waals surface area contributed by atoms with E-state index in [1.165, 1.54) is 12.1 Å². The summed E-state index contributed by atoms with van der Waals surface area (Å²) in [6.07, 6.45) is 6.35. The average Bonchev–Trinajstić information content (AvgIpc) is 3.31. The molecule has 0 spiro atoms. The van der Waals surface area contributed by atoms with E-state index in [0.29, 0.717) is 6.54 Å². The molecule has 2 heterocycles. The number of rotatable bonds is 6. The van der Waals surface area contributed by atoms with E-state index < -0.39 is 0 Å². The SMILES string of the molecule is CN1OC(CSc2ccc(Cl)cc2)CC1(Cn1ccnc1)c1ccc(F)cc1. The first kappa shape index (κ1) is 19.5. The van der Waals surface area contributed by atoms with Crippen LogP contribution in [-0.2, 0) is 16.9 Å². The Labute approximate surface area is 173 Å². The van der Waals surface area contributed by atoms with Gasteiger partial charge in [0.1, 0.15) is 5.82 Å². The Morgan fingerprint density at radius 3 is 2.64 bits per heavy atom. The minimum Gasteiger partial charge on any atom is -0.335 e. The molecule has 28 heavy (non-hydrogen) atoms. The number of hydrogen-bond acceptors (Lipinski definition) is 4. The van der Waals surface area contributed by atoms with Crippen LogP contribution in [0.1, 0.15) is 12.0 Å². The van der Waals surface area contributed by atoms with Crippen molar-refractivity contribution in [3.8, 4) is 0 Å². The van der Waals surface area contributed by atoms with E-state index in [0.717, 1.165) is 27.7 Å². The number of likely N-dealkylation sites (N-methyl/N-ethyl adjacent to an activating group) is 1. The number of thioether (sulfide) groups is 1. The molecule has 0 amide bonds. The van der Waals surface area contributed by atoms with Gasteiger partial charge < -0.3 is 4.57 Å². The molecule has 1 saturated heterocycles. The third-order valence-corrected chi connectivity index (χ3v) is 6.51. The van der Waals surface area contributed by atoms with Crippen molar-refractivity contribution in [2.75, 3.05) is 12.8 Å². The Bertz CT molecular complexity index is 904. The van der Waals surface area contributed by atoms with Crippen LogP contribution in [0.25, 0.3) is 0 Å². The largest absolute Gasteiger partial charge is 0.335 e. The molecule has 1 fully saturated rings. The summed E-state index contributed by atoms with van der Waals surface area (Å²) in [7, 11) is 1.95. The van der Waals surface area contributed by atoms with Gasteiger partial charge in [-0.2, -0.15) is 5.06 Å². The quantitative estimate of drug-likeness (QED) is 0.528. The minimum absolute atomic E-state index is 0.0410. The van der Waals surface area contributed by atoms with Gasteiger partial charge in [0, 0.05) is 48.1 Å². The van der Waals surface area contributed by atoms with Crippen molar-refractivity contribution in [2.24, 2.45) is 0 Å². The van der Waals surface area contributed by atoms with Crippen LogP contribution in [0.3, 0.4) is 0 Å². The van der Waals surface area contributed by atoms with Gasteiger partial charge in [0.25, 0.3) is 0 Å². The van der Waals surface area contributed by atoms with Crippen molar-refractivity contribution in [3.63, 3.8) is 0 Å². The van der Waals surface area contributed by atoms with Gasteiger partial charge >= 0.3 is 0 Å². The van der Waals surface area contributed by atoms with Crippen molar-refractivity contribution < 1.29 is 9.23 Å². The maximum absolute atomic E-state index is 13.5. The standard InChI is InChI=1S/C21H21ClFN3OS/c1-25-21(14-26-11-10-24-15-26,16-2-6-18(23)7-3-16)12-19(27-25)13-28-20-8-4-17(22)5-9-20/h2-11,15,19H,12-14H2,1H3. The predicted molar refractivity (Wildman–Crippen MR) is 110 cm³/mol. The lowest BCUT2D eigenvalue weighted by atomic mass is 9.85. The number of nitrogens with zero attached hydrogens (tertiary/aromatic N) is 3. The van der Waals surface area contributed by atoms with Crippen LogP contribution < -0.4 is 0 Å². The summed E-state index contributed by atoms with van der Waals surface area (Å²) in [4.78, 5) is 11.5. The molecule has 2 aromatic carbocycles. The van der Waals surface area contributed by atoms with Gasteiger partial charge in [-0.15, -0.1) is 11.8 Å². The molecule has 4 nitrogen and oxygen atoms in total. The fourth-order valence-corrected chi connectivity index (χ4v) is 4.69. The number of aromatic nitrogens is 2. The van der Waals surface area contributed by atoms with E-state index in [-0.39, 0.29) is 17.5 Å². The second kappa shape index (κ2) is 8.25. The Balaban J connectivity index is 1.55. The Hall–Kier alpha value is -1.86. The van der Waals surface area contributed by atoms with Crippen molar-refractivity contribution >= 4 is 23.4 Å². The molecule has 146 valence electrons. The fraction of sp³-hybridized carbons (Fsp3) is 0.286. The first-order chi connectivity index (χ1) is 13.5. The molecule has 0 N–H and O–H groups in total. The summed E-state index contributed by atoms with van der Waals surface area (Å²) in [6, 6.07) is 14.5. The van der Waals surface area contributed by atoms with Crippen molar-refractivity contribution in [1.29, 1.82) is 0 Å². The highest BCUT2D eigenvalue weighted by Gasteiger charge is 2.46. The first-order valence-electron chi connectivity index (χ1n) is 9.06. The van der Waals surface area contributed by atoms with E-state index in [2.05, 4.69) is 4.98 Å². The molecular weight excluding hydrogens is 397 g/mol. The van der Waals surface area contributed by atoms with Gasteiger partial charge in [-0.1, -0.05) is 23.7 Å². The van der Waals surface area contributed by atoms with Crippen LogP contribution in [0.15, 0.2) is 72.1 Å². The topological polar surface area (TPSA) is 30.3 Å². The molecule has 0 aliphatic carbocycles. The molecule has 2 atom stereocenters. The number of halogens is 2. The van der Waals surface area contributed by atoms with Gasteiger partial charge in [-0.05, 0) is 42.0 Å². The molecule has 7 heteroatoms. The molecule has 1 aromatic heterocycles. The summed E-state index contributed by atoms with van der Waals surface area (Å²) in [5.74, 6) is 0.580. The molecule has 1 aliphatic heterocycles. The highest BCUT2D eigenvalue weighted by atomic mass is 35.5. The summed E-state index contributed by atoms with van der Waals surface area (Å²) in [5.41, 5.74) is 0.642. The zero-order valence-electron chi connectivity index (χ0n) is 15.5. The zero-order valence-corrected chi connectivity index (χ0v) is 17.0. The molecule has 2 unspecified atom stereocenters. The molecule has 0 saturated carbocycles. The fourth-order valence-electron chi connectivity index (χ4n) is 3.67. The van der Waals surface area contributed by atoms with E-state index in [4.69, 9.17) is 16.4 Å². The summed E-state index contributed by atoms with van der Waals surface area (Å²) in [6.45, 7) is 0.678. The summed E-state index contributed by atoms with van der Waals surface area (Å²) < 4.78 is 15.6. The number of hydrogen-bond donors (Lipinski definition) is 0. The lowest BCUT2D eigenvalue weighted by Crippen LogP contribution is -2.41. The van der Waals surface area contributed by atoms with Gasteiger partial charge in [-0.25, -0.2) is 9.37 Å². The molecule has 4 rings (SSSR count). The van der Waals surface area contributed by atoms with Crippen LogP contribution in [0.4, 0.5) is 4.39 Å².